The van der Waals surface area contributed by atoms with E-state index < -0.39 is 0 Å². The van der Waals surface area contributed by atoms with Crippen molar-refractivity contribution in [3.05, 3.63) is 47.8 Å². The van der Waals surface area contributed by atoms with Gasteiger partial charge in [0.05, 0.1) is 0 Å². The first-order valence-electron chi connectivity index (χ1n) is 10.0. The van der Waals surface area contributed by atoms with Gasteiger partial charge in [0.2, 0.25) is 0 Å². The molecule has 1 aromatic carbocycles. The van der Waals surface area contributed by atoms with Crippen LogP contribution < -0.4 is 0 Å². The molecule has 2 aromatic rings. The predicted octanol–water partition coefficient (Wildman–Crippen LogP) is 5.95. The van der Waals surface area contributed by atoms with Gasteiger partial charge in [-0.15, -0.1) is 0 Å². The normalized spacial score (nSPS) is 16.5. The van der Waals surface area contributed by atoms with Crippen molar-refractivity contribution in [3.63, 3.8) is 0 Å². The summed E-state index contributed by atoms with van der Waals surface area (Å²) in [7, 11) is 0. The molecule has 3 rings (SSSR count). The molecule has 0 aliphatic heterocycles. The summed E-state index contributed by atoms with van der Waals surface area (Å²) in [4.78, 5) is 17.2. The van der Waals surface area contributed by atoms with Crippen molar-refractivity contribution in [3.8, 4) is 16.9 Å². The third-order valence-electron chi connectivity index (χ3n) is 5.54. The zero-order valence-corrected chi connectivity index (χ0v) is 15.7. The predicted molar refractivity (Wildman–Crippen MR) is 105 cm³/mol. The number of rotatable bonds is 8. The molecule has 0 amide bonds. The molecule has 3 nitrogen and oxygen atoms in total. The molecule has 138 valence electrons. The smallest absolute Gasteiger partial charge is 0.167 e. The topological polar surface area (TPSA) is 50.2 Å². The van der Waals surface area contributed by atoms with Gasteiger partial charge in [-0.2, -0.15) is 0 Å². The van der Waals surface area contributed by atoms with Gasteiger partial charge >= 0.3 is 0 Å². The lowest BCUT2D eigenvalue weighted by Crippen LogP contribution is -2.23. The fraction of sp³-hybridized carbons (Fsp3) is 0.478. The highest BCUT2D eigenvalue weighted by Gasteiger charge is 2.29. The number of carbonyl (C=O) groups excluding carboxylic acids is 1. The number of aromatic nitrogens is 1. The number of nitrogens with zero attached hydrogens (tertiary/aromatic N) is 1. The second-order valence-corrected chi connectivity index (χ2v) is 7.39. The zero-order chi connectivity index (χ0) is 18.4. The van der Waals surface area contributed by atoms with E-state index in [0.29, 0.717) is 0 Å². The Kier molecular flexibility index (Phi) is 6.43. The van der Waals surface area contributed by atoms with Crippen LogP contribution >= 0.6 is 0 Å². The highest BCUT2D eigenvalue weighted by atomic mass is 16.3. The molecule has 0 saturated heterocycles. The van der Waals surface area contributed by atoms with E-state index in [9.17, 15) is 9.90 Å². The molecule has 26 heavy (non-hydrogen) atoms. The van der Waals surface area contributed by atoms with Crippen LogP contribution in [0.2, 0.25) is 0 Å². The number of phenolic OH excluding ortho intramolecular Hbond substituents is 1. The lowest BCUT2D eigenvalue weighted by molar-refractivity contribution is 0.0892. The monoisotopic (exact) mass is 351 g/mol. The van der Waals surface area contributed by atoms with Crippen molar-refractivity contribution in [2.45, 2.75) is 64.7 Å². The molecular weight excluding hydrogens is 322 g/mol. The highest BCUT2D eigenvalue weighted by molar-refractivity contribution is 6.01. The van der Waals surface area contributed by atoms with Gasteiger partial charge in [-0.05, 0) is 30.9 Å². The third-order valence-corrected chi connectivity index (χ3v) is 5.54. The molecule has 0 fully saturated rings. The number of aromatic hydroxyl groups is 1. The Morgan fingerprint density at radius 2 is 1.73 bits per heavy atom. The lowest BCUT2D eigenvalue weighted by Gasteiger charge is -2.25. The molecule has 1 aliphatic carbocycles. The van der Waals surface area contributed by atoms with E-state index in [4.69, 9.17) is 0 Å². The summed E-state index contributed by atoms with van der Waals surface area (Å²) in [6, 6.07) is 7.28. The number of carbonyl (C=O) groups is 1. The van der Waals surface area contributed by atoms with Crippen molar-refractivity contribution in [2.75, 3.05) is 0 Å². The van der Waals surface area contributed by atoms with E-state index in [1.807, 2.05) is 18.2 Å². The van der Waals surface area contributed by atoms with E-state index in [2.05, 4.69) is 11.9 Å². The number of para-hydroxylation sites is 1. The maximum Gasteiger partial charge on any atom is 0.167 e. The van der Waals surface area contributed by atoms with Gasteiger partial charge < -0.3 is 5.11 Å². The molecule has 1 atom stereocenters. The molecule has 0 radical (unpaired) electrons. The number of benzene rings is 1. The fourth-order valence-electron chi connectivity index (χ4n) is 4.02. The Labute approximate surface area is 156 Å². The summed E-state index contributed by atoms with van der Waals surface area (Å²) >= 11 is 0. The largest absolute Gasteiger partial charge is 0.507 e. The number of pyridine rings is 1. The second kappa shape index (κ2) is 8.98. The summed E-state index contributed by atoms with van der Waals surface area (Å²) in [5.41, 5.74) is 3.46. The molecule has 1 N–H and O–H groups in total. The molecule has 1 aliphatic rings. The summed E-state index contributed by atoms with van der Waals surface area (Å²) in [6.45, 7) is 2.23. The van der Waals surface area contributed by atoms with Crippen LogP contribution in [0.1, 0.15) is 74.2 Å². The molecule has 0 bridgehead atoms. The van der Waals surface area contributed by atoms with Gasteiger partial charge in [0.15, 0.2) is 5.78 Å². The van der Waals surface area contributed by atoms with E-state index >= 15 is 0 Å². The summed E-state index contributed by atoms with van der Waals surface area (Å²) in [5, 5.41) is 10.2. The number of phenols is 1. The first-order chi connectivity index (χ1) is 12.7. The van der Waals surface area contributed by atoms with Crippen molar-refractivity contribution in [1.82, 2.24) is 4.98 Å². The molecule has 3 heteroatoms. The van der Waals surface area contributed by atoms with E-state index in [0.717, 1.165) is 47.9 Å². The summed E-state index contributed by atoms with van der Waals surface area (Å²) in [6.07, 6.45) is 13.8. The number of unbranched alkanes of at least 4 members (excludes halogenated alkanes) is 5. The first kappa shape index (κ1) is 18.6. The van der Waals surface area contributed by atoms with Crippen LogP contribution in [-0.4, -0.2) is 15.9 Å². The minimum absolute atomic E-state index is 0.134. The number of Topliss-reactive ketones (excluding diaryl/α,β-unsaturated/α-hetero) is 1. The molecule has 0 saturated carbocycles. The van der Waals surface area contributed by atoms with Crippen molar-refractivity contribution >= 4 is 5.78 Å². The number of fused-ring (bicyclic) bond motifs is 1. The zero-order valence-electron chi connectivity index (χ0n) is 15.7. The molecule has 0 spiro atoms. The van der Waals surface area contributed by atoms with Gasteiger partial charge in [0, 0.05) is 35.0 Å². The third kappa shape index (κ3) is 4.14. The van der Waals surface area contributed by atoms with Crippen LogP contribution in [0.3, 0.4) is 0 Å². The highest BCUT2D eigenvalue weighted by Crippen LogP contribution is 2.37. The Morgan fingerprint density at radius 3 is 2.54 bits per heavy atom. The van der Waals surface area contributed by atoms with Crippen molar-refractivity contribution < 1.29 is 9.90 Å². The van der Waals surface area contributed by atoms with E-state index in [-0.39, 0.29) is 17.5 Å². The number of hydrogen-bond acceptors (Lipinski definition) is 3. The number of ketones is 1. The van der Waals surface area contributed by atoms with Gasteiger partial charge in [0.1, 0.15) is 5.75 Å². The molecule has 1 aromatic heterocycles. The van der Waals surface area contributed by atoms with Crippen LogP contribution in [-0.2, 0) is 6.42 Å². The van der Waals surface area contributed by atoms with Gasteiger partial charge in [-0.3, -0.25) is 9.78 Å². The summed E-state index contributed by atoms with van der Waals surface area (Å²) < 4.78 is 0. The van der Waals surface area contributed by atoms with Gasteiger partial charge in [0.25, 0.3) is 0 Å². The first-order valence-corrected chi connectivity index (χ1v) is 10.0. The van der Waals surface area contributed by atoms with Gasteiger partial charge in [-0.1, -0.05) is 63.6 Å². The van der Waals surface area contributed by atoms with Crippen molar-refractivity contribution in [2.24, 2.45) is 5.92 Å². The quantitative estimate of drug-likeness (QED) is 0.598. The molecule has 1 unspecified atom stereocenters. The van der Waals surface area contributed by atoms with Crippen LogP contribution in [0.5, 0.6) is 5.75 Å². The Morgan fingerprint density at radius 1 is 1.00 bits per heavy atom. The van der Waals surface area contributed by atoms with Crippen LogP contribution in [0.25, 0.3) is 11.1 Å². The average Bonchev–Trinajstić information content (AvgIpc) is 2.66. The van der Waals surface area contributed by atoms with Gasteiger partial charge in [-0.25, -0.2) is 0 Å². The van der Waals surface area contributed by atoms with Crippen LogP contribution in [0.4, 0.5) is 0 Å². The van der Waals surface area contributed by atoms with Crippen LogP contribution in [0.15, 0.2) is 36.7 Å². The fourth-order valence-corrected chi connectivity index (χ4v) is 4.02. The maximum absolute atomic E-state index is 12.9. The SMILES string of the molecule is CCCCCCCCC1CCc2c(cncc2-c2ccccc2O)C1=O. The minimum atomic E-state index is 0.134. The van der Waals surface area contributed by atoms with Crippen LogP contribution in [0, 0.1) is 5.92 Å². The molecular formula is C23H29NO2. The van der Waals surface area contributed by atoms with E-state index in [1.54, 1.807) is 18.5 Å². The summed E-state index contributed by atoms with van der Waals surface area (Å²) in [5.74, 6) is 0.615. The van der Waals surface area contributed by atoms with Crippen molar-refractivity contribution in [1.29, 1.82) is 0 Å². The maximum atomic E-state index is 12.9. The number of hydrogen-bond donors (Lipinski definition) is 1. The standard InChI is InChI=1S/C23H29NO2/c1-2-3-4-5-6-7-10-17-13-14-18-20(15-24-16-21(18)23(17)26)19-11-8-9-12-22(19)25/h8-9,11-12,15-17,25H,2-7,10,13-14H2,1H3. The minimum Gasteiger partial charge on any atom is -0.507 e. The Balaban J connectivity index is 1.69. The average molecular weight is 351 g/mol. The lowest BCUT2D eigenvalue weighted by atomic mass is 9.78. The Hall–Kier alpha value is -2.16. The molecule has 1 heterocycles. The Bertz CT molecular complexity index is 754. The second-order valence-electron chi connectivity index (χ2n) is 7.39. The van der Waals surface area contributed by atoms with E-state index in [1.165, 1.54) is 32.1 Å².